The molecule has 0 radical (unpaired) electrons. The van der Waals surface area contributed by atoms with Crippen LogP contribution in [0.4, 0.5) is 11.4 Å². The van der Waals surface area contributed by atoms with E-state index in [4.69, 9.17) is 0 Å². The van der Waals surface area contributed by atoms with Crippen molar-refractivity contribution in [3.8, 4) is 0 Å². The van der Waals surface area contributed by atoms with Gasteiger partial charge >= 0.3 is 0 Å². The number of para-hydroxylation sites is 2. The number of benzene rings is 2. The number of anilines is 2. The van der Waals surface area contributed by atoms with E-state index in [9.17, 15) is 4.79 Å². The second-order valence-corrected chi connectivity index (χ2v) is 6.98. The molecule has 138 valence electrons. The van der Waals surface area contributed by atoms with E-state index in [1.807, 2.05) is 54.6 Å². The van der Waals surface area contributed by atoms with Crippen LogP contribution in [0.1, 0.15) is 43.0 Å². The Morgan fingerprint density at radius 1 is 1.04 bits per heavy atom. The molecule has 1 heterocycles. The summed E-state index contributed by atoms with van der Waals surface area (Å²) in [5.74, 6) is 0.0102. The predicted molar refractivity (Wildman–Crippen MR) is 108 cm³/mol. The zero-order chi connectivity index (χ0) is 18.2. The number of hydrogen-bond donors (Lipinski definition) is 2. The fourth-order valence-corrected chi connectivity index (χ4v) is 3.41. The second-order valence-electron chi connectivity index (χ2n) is 6.98. The SMILES string of the molecule is CCCCN1CCC(NC(=O)c2ccccc2Nc2ccccc2)CC1. The molecule has 0 bridgehead atoms. The first-order chi connectivity index (χ1) is 12.8. The Balaban J connectivity index is 1.59. The summed E-state index contributed by atoms with van der Waals surface area (Å²) in [6.45, 7) is 5.57. The van der Waals surface area contributed by atoms with Gasteiger partial charge in [-0.1, -0.05) is 43.7 Å². The van der Waals surface area contributed by atoms with Crippen LogP contribution in [-0.4, -0.2) is 36.5 Å². The van der Waals surface area contributed by atoms with Crippen molar-refractivity contribution in [2.45, 2.75) is 38.6 Å². The lowest BCUT2D eigenvalue weighted by Crippen LogP contribution is -2.44. The third kappa shape index (κ3) is 5.09. The Hall–Kier alpha value is -2.33. The molecule has 1 aliphatic rings. The van der Waals surface area contributed by atoms with Crippen LogP contribution < -0.4 is 10.6 Å². The number of carbonyl (C=O) groups is 1. The van der Waals surface area contributed by atoms with Crippen LogP contribution in [0.2, 0.25) is 0 Å². The molecule has 3 rings (SSSR count). The molecule has 0 spiro atoms. The van der Waals surface area contributed by atoms with Crippen molar-refractivity contribution in [3.05, 3.63) is 60.2 Å². The third-order valence-electron chi connectivity index (χ3n) is 4.98. The maximum atomic E-state index is 12.8. The number of nitrogens with one attached hydrogen (secondary N) is 2. The number of carbonyl (C=O) groups excluding carboxylic acids is 1. The van der Waals surface area contributed by atoms with E-state index in [0.717, 1.165) is 37.3 Å². The molecule has 1 amide bonds. The molecule has 0 atom stereocenters. The second kappa shape index (κ2) is 9.39. The van der Waals surface area contributed by atoms with E-state index >= 15 is 0 Å². The maximum Gasteiger partial charge on any atom is 0.253 e. The van der Waals surface area contributed by atoms with Crippen molar-refractivity contribution < 1.29 is 4.79 Å². The molecule has 0 aliphatic carbocycles. The monoisotopic (exact) mass is 351 g/mol. The van der Waals surface area contributed by atoms with Crippen LogP contribution in [-0.2, 0) is 0 Å². The highest BCUT2D eigenvalue weighted by molar-refractivity contribution is 6.00. The number of rotatable bonds is 7. The summed E-state index contributed by atoms with van der Waals surface area (Å²) in [6.07, 6.45) is 4.56. The highest BCUT2D eigenvalue weighted by Gasteiger charge is 2.21. The van der Waals surface area contributed by atoms with Crippen molar-refractivity contribution in [1.29, 1.82) is 0 Å². The number of nitrogens with zero attached hydrogens (tertiary/aromatic N) is 1. The van der Waals surface area contributed by atoms with Crippen LogP contribution in [0, 0.1) is 0 Å². The predicted octanol–water partition coefficient (Wildman–Crippen LogP) is 4.42. The topological polar surface area (TPSA) is 44.4 Å². The molecule has 26 heavy (non-hydrogen) atoms. The van der Waals surface area contributed by atoms with Gasteiger partial charge in [0.05, 0.1) is 11.3 Å². The average molecular weight is 351 g/mol. The summed E-state index contributed by atoms with van der Waals surface area (Å²) in [7, 11) is 0. The van der Waals surface area contributed by atoms with E-state index in [0.29, 0.717) is 5.56 Å². The van der Waals surface area contributed by atoms with E-state index in [2.05, 4.69) is 22.5 Å². The molecular weight excluding hydrogens is 322 g/mol. The van der Waals surface area contributed by atoms with Gasteiger partial charge in [-0.05, 0) is 50.1 Å². The van der Waals surface area contributed by atoms with Gasteiger partial charge in [0.2, 0.25) is 0 Å². The maximum absolute atomic E-state index is 12.8. The van der Waals surface area contributed by atoms with Crippen LogP contribution >= 0.6 is 0 Å². The molecule has 2 aromatic carbocycles. The largest absolute Gasteiger partial charge is 0.355 e. The lowest BCUT2D eigenvalue weighted by Gasteiger charge is -2.32. The molecule has 4 nitrogen and oxygen atoms in total. The molecule has 0 saturated carbocycles. The highest BCUT2D eigenvalue weighted by Crippen LogP contribution is 2.21. The van der Waals surface area contributed by atoms with Crippen LogP contribution in [0.3, 0.4) is 0 Å². The molecule has 1 saturated heterocycles. The number of amides is 1. The normalized spacial score (nSPS) is 15.6. The fraction of sp³-hybridized carbons (Fsp3) is 0.409. The summed E-state index contributed by atoms with van der Waals surface area (Å²) in [5, 5.41) is 6.58. The van der Waals surface area contributed by atoms with Crippen molar-refractivity contribution in [2.24, 2.45) is 0 Å². The van der Waals surface area contributed by atoms with Gasteiger partial charge in [-0.25, -0.2) is 0 Å². The first-order valence-corrected chi connectivity index (χ1v) is 9.70. The number of likely N-dealkylation sites (tertiary alicyclic amines) is 1. The van der Waals surface area contributed by atoms with Crippen molar-refractivity contribution in [3.63, 3.8) is 0 Å². The van der Waals surface area contributed by atoms with E-state index in [-0.39, 0.29) is 11.9 Å². The molecule has 0 aromatic heterocycles. The number of hydrogen-bond acceptors (Lipinski definition) is 3. The van der Waals surface area contributed by atoms with Gasteiger partial charge in [0.1, 0.15) is 0 Å². The lowest BCUT2D eigenvalue weighted by atomic mass is 10.0. The van der Waals surface area contributed by atoms with Crippen molar-refractivity contribution in [2.75, 3.05) is 25.0 Å². The van der Waals surface area contributed by atoms with Gasteiger partial charge in [0.25, 0.3) is 5.91 Å². The van der Waals surface area contributed by atoms with Gasteiger partial charge < -0.3 is 15.5 Å². The van der Waals surface area contributed by atoms with Crippen molar-refractivity contribution in [1.82, 2.24) is 10.2 Å². The lowest BCUT2D eigenvalue weighted by molar-refractivity contribution is 0.0911. The third-order valence-corrected chi connectivity index (χ3v) is 4.98. The molecular formula is C22H29N3O. The first-order valence-electron chi connectivity index (χ1n) is 9.70. The summed E-state index contributed by atoms with van der Waals surface area (Å²) in [4.78, 5) is 15.3. The quantitative estimate of drug-likeness (QED) is 0.776. The minimum absolute atomic E-state index is 0.0102. The zero-order valence-electron chi connectivity index (χ0n) is 15.6. The Morgan fingerprint density at radius 2 is 1.73 bits per heavy atom. The molecule has 1 fully saturated rings. The molecule has 2 N–H and O–H groups in total. The molecule has 4 heteroatoms. The zero-order valence-corrected chi connectivity index (χ0v) is 15.6. The Morgan fingerprint density at radius 3 is 2.46 bits per heavy atom. The van der Waals surface area contributed by atoms with Crippen LogP contribution in [0.25, 0.3) is 0 Å². The van der Waals surface area contributed by atoms with Crippen LogP contribution in [0.5, 0.6) is 0 Å². The van der Waals surface area contributed by atoms with E-state index in [1.165, 1.54) is 19.4 Å². The Kier molecular flexibility index (Phi) is 6.67. The first kappa shape index (κ1) is 18.5. The molecule has 1 aliphatic heterocycles. The van der Waals surface area contributed by atoms with Gasteiger partial charge in [-0.2, -0.15) is 0 Å². The van der Waals surface area contributed by atoms with Crippen LogP contribution in [0.15, 0.2) is 54.6 Å². The van der Waals surface area contributed by atoms with Gasteiger partial charge in [-0.3, -0.25) is 4.79 Å². The smallest absolute Gasteiger partial charge is 0.253 e. The minimum Gasteiger partial charge on any atom is -0.355 e. The molecule has 0 unspecified atom stereocenters. The number of unbranched alkanes of at least 4 members (excludes halogenated alkanes) is 1. The van der Waals surface area contributed by atoms with Gasteiger partial charge in [-0.15, -0.1) is 0 Å². The van der Waals surface area contributed by atoms with Gasteiger partial charge in [0.15, 0.2) is 0 Å². The Labute approximate surface area is 156 Å². The Bertz CT molecular complexity index is 694. The summed E-state index contributed by atoms with van der Waals surface area (Å²) in [6, 6.07) is 17.9. The summed E-state index contributed by atoms with van der Waals surface area (Å²) in [5.41, 5.74) is 2.53. The van der Waals surface area contributed by atoms with E-state index < -0.39 is 0 Å². The summed E-state index contributed by atoms with van der Waals surface area (Å²) < 4.78 is 0. The fourth-order valence-electron chi connectivity index (χ4n) is 3.41. The van der Waals surface area contributed by atoms with E-state index in [1.54, 1.807) is 0 Å². The molecule has 2 aromatic rings. The van der Waals surface area contributed by atoms with Crippen molar-refractivity contribution >= 4 is 17.3 Å². The highest BCUT2D eigenvalue weighted by atomic mass is 16.1. The standard InChI is InChI=1S/C22H29N3O/c1-2-3-15-25-16-13-19(14-17-25)24-22(26)20-11-7-8-12-21(20)23-18-9-5-4-6-10-18/h4-12,19,23H,2-3,13-17H2,1H3,(H,24,26). The number of piperidine rings is 1. The average Bonchev–Trinajstić information content (AvgIpc) is 2.68. The summed E-state index contributed by atoms with van der Waals surface area (Å²) >= 11 is 0. The minimum atomic E-state index is 0.0102. The van der Waals surface area contributed by atoms with Gasteiger partial charge in [0, 0.05) is 24.8 Å².